The molecule has 7 nitrogen and oxygen atoms in total. The first-order valence-corrected chi connectivity index (χ1v) is 12.4. The number of benzene rings is 2. The minimum absolute atomic E-state index is 0.0361. The summed E-state index contributed by atoms with van der Waals surface area (Å²) in [4.78, 5) is 16.6. The summed E-state index contributed by atoms with van der Waals surface area (Å²) < 4.78 is 22.0. The van der Waals surface area contributed by atoms with Gasteiger partial charge in [0.2, 0.25) is 5.91 Å². The number of methoxy groups -OCH3 is 4. The second kappa shape index (κ2) is 11.0. The number of carbonyl (C=O) groups excluding carboxylic acids is 1. The first kappa shape index (κ1) is 24.9. The van der Waals surface area contributed by atoms with E-state index in [2.05, 4.69) is 27.7 Å². The monoisotopic (exact) mass is 496 g/mol. The highest BCUT2D eigenvalue weighted by Crippen LogP contribution is 2.42. The van der Waals surface area contributed by atoms with Crippen molar-refractivity contribution in [3.05, 3.63) is 69.4 Å². The highest BCUT2D eigenvalue weighted by atomic mass is 32.1. The molecule has 0 radical (unpaired) electrons. The summed E-state index contributed by atoms with van der Waals surface area (Å²) >= 11 is 1.69. The molecule has 1 N–H and O–H groups in total. The van der Waals surface area contributed by atoms with E-state index in [1.807, 2.05) is 37.3 Å². The molecule has 0 saturated heterocycles. The van der Waals surface area contributed by atoms with E-state index in [0.29, 0.717) is 11.5 Å². The van der Waals surface area contributed by atoms with Crippen molar-refractivity contribution in [1.29, 1.82) is 0 Å². The van der Waals surface area contributed by atoms with Crippen molar-refractivity contribution in [2.75, 3.05) is 41.5 Å². The number of thiophene rings is 1. The van der Waals surface area contributed by atoms with Crippen LogP contribution < -0.4 is 24.3 Å². The lowest BCUT2D eigenvalue weighted by Gasteiger charge is -2.37. The Morgan fingerprint density at radius 2 is 1.77 bits per heavy atom. The van der Waals surface area contributed by atoms with E-state index < -0.39 is 0 Å². The average molecular weight is 497 g/mol. The lowest BCUT2D eigenvalue weighted by atomic mass is 9.91. The van der Waals surface area contributed by atoms with E-state index in [9.17, 15) is 4.79 Å². The lowest BCUT2D eigenvalue weighted by Crippen LogP contribution is -2.43. The standard InChI is InChI=1S/C27H32N2O5S/c1-17(20-14-19(31-2)8-9-22(20)32-3)28-26(30)16-29-11-10-18-13-23(33-4)24(34-5)15-21(18)27(29)25-7-6-12-35-25/h6-9,12-15,17,27H,10-11,16H2,1-5H3,(H,28,30). The van der Waals surface area contributed by atoms with Crippen LogP contribution in [0.5, 0.6) is 23.0 Å². The van der Waals surface area contributed by atoms with Crippen LogP contribution >= 0.6 is 11.3 Å². The fourth-order valence-corrected chi connectivity index (χ4v) is 5.55. The van der Waals surface area contributed by atoms with Crippen molar-refractivity contribution >= 4 is 17.2 Å². The Hall–Kier alpha value is -3.23. The van der Waals surface area contributed by atoms with Crippen LogP contribution in [0, 0.1) is 0 Å². The number of fused-ring (bicyclic) bond motifs is 1. The van der Waals surface area contributed by atoms with Crippen LogP contribution in [0.25, 0.3) is 0 Å². The van der Waals surface area contributed by atoms with Crippen LogP contribution in [-0.4, -0.2) is 52.3 Å². The molecule has 35 heavy (non-hydrogen) atoms. The van der Waals surface area contributed by atoms with Gasteiger partial charge in [0.05, 0.1) is 47.1 Å². The SMILES string of the molecule is COc1ccc(OC)c(C(C)NC(=O)CN2CCc3cc(OC)c(OC)cc3C2c2cccs2)c1. The number of hydrogen-bond donors (Lipinski definition) is 1. The number of ether oxygens (including phenoxy) is 4. The maximum Gasteiger partial charge on any atom is 0.234 e. The van der Waals surface area contributed by atoms with E-state index in [1.165, 1.54) is 10.4 Å². The van der Waals surface area contributed by atoms with Gasteiger partial charge in [-0.3, -0.25) is 9.69 Å². The normalized spacial score (nSPS) is 16.2. The Kier molecular flexibility index (Phi) is 7.83. The zero-order valence-corrected chi connectivity index (χ0v) is 21.6. The number of amides is 1. The molecule has 1 amide bonds. The van der Waals surface area contributed by atoms with Crippen molar-refractivity contribution in [3.63, 3.8) is 0 Å². The van der Waals surface area contributed by atoms with Crippen LogP contribution in [0.1, 0.15) is 40.6 Å². The molecule has 0 aliphatic carbocycles. The highest BCUT2D eigenvalue weighted by Gasteiger charge is 2.32. The first-order chi connectivity index (χ1) is 17.0. The van der Waals surface area contributed by atoms with Gasteiger partial charge in [-0.05, 0) is 66.2 Å². The molecular weight excluding hydrogens is 464 g/mol. The smallest absolute Gasteiger partial charge is 0.234 e. The van der Waals surface area contributed by atoms with Crippen LogP contribution in [0.4, 0.5) is 0 Å². The number of nitrogens with zero attached hydrogens (tertiary/aromatic N) is 1. The second-order valence-electron chi connectivity index (χ2n) is 8.44. The molecule has 1 aliphatic heterocycles. The predicted octanol–water partition coefficient (Wildman–Crippen LogP) is 4.61. The van der Waals surface area contributed by atoms with Gasteiger partial charge in [-0.2, -0.15) is 0 Å². The van der Waals surface area contributed by atoms with Gasteiger partial charge >= 0.3 is 0 Å². The zero-order chi connectivity index (χ0) is 24.9. The van der Waals surface area contributed by atoms with Crippen LogP contribution in [-0.2, 0) is 11.2 Å². The van der Waals surface area contributed by atoms with Gasteiger partial charge in [0.1, 0.15) is 11.5 Å². The van der Waals surface area contributed by atoms with Gasteiger partial charge in [0.25, 0.3) is 0 Å². The predicted molar refractivity (Wildman–Crippen MR) is 137 cm³/mol. The number of nitrogens with one attached hydrogen (secondary N) is 1. The van der Waals surface area contributed by atoms with E-state index in [0.717, 1.165) is 35.6 Å². The molecule has 0 saturated carbocycles. The molecule has 0 bridgehead atoms. The third-order valence-electron chi connectivity index (χ3n) is 6.41. The zero-order valence-electron chi connectivity index (χ0n) is 20.8. The first-order valence-electron chi connectivity index (χ1n) is 11.5. The summed E-state index contributed by atoms with van der Waals surface area (Å²) in [6, 6.07) is 13.6. The third-order valence-corrected chi connectivity index (χ3v) is 7.34. The minimum Gasteiger partial charge on any atom is -0.497 e. The Labute approximate surface area is 210 Å². The van der Waals surface area contributed by atoms with E-state index >= 15 is 0 Å². The Morgan fingerprint density at radius 1 is 1.03 bits per heavy atom. The third kappa shape index (κ3) is 5.23. The molecule has 2 heterocycles. The van der Waals surface area contributed by atoms with Gasteiger partial charge in [-0.25, -0.2) is 0 Å². The van der Waals surface area contributed by atoms with Crippen molar-refractivity contribution in [2.24, 2.45) is 0 Å². The van der Waals surface area contributed by atoms with Crippen LogP contribution in [0.3, 0.4) is 0 Å². The Morgan fingerprint density at radius 3 is 2.43 bits per heavy atom. The summed E-state index contributed by atoms with van der Waals surface area (Å²) in [6.45, 7) is 2.98. The molecule has 2 aromatic carbocycles. The molecule has 1 aromatic heterocycles. The van der Waals surface area contributed by atoms with Crippen molar-refractivity contribution in [2.45, 2.75) is 25.4 Å². The second-order valence-corrected chi connectivity index (χ2v) is 9.42. The van der Waals surface area contributed by atoms with Crippen LogP contribution in [0.15, 0.2) is 47.8 Å². The average Bonchev–Trinajstić information content (AvgIpc) is 3.41. The Bertz CT molecular complexity index is 1160. The van der Waals surface area contributed by atoms with Gasteiger partial charge in [0.15, 0.2) is 11.5 Å². The topological polar surface area (TPSA) is 69.3 Å². The van der Waals surface area contributed by atoms with Gasteiger partial charge in [0, 0.05) is 17.0 Å². The van der Waals surface area contributed by atoms with E-state index in [1.54, 1.807) is 39.8 Å². The molecular formula is C27H32N2O5S. The fraction of sp³-hybridized carbons (Fsp3) is 0.370. The van der Waals surface area contributed by atoms with Gasteiger partial charge < -0.3 is 24.3 Å². The minimum atomic E-state index is -0.242. The highest BCUT2D eigenvalue weighted by molar-refractivity contribution is 7.10. The van der Waals surface area contributed by atoms with Crippen molar-refractivity contribution in [3.8, 4) is 23.0 Å². The molecule has 1 aliphatic rings. The molecule has 0 fully saturated rings. The molecule has 186 valence electrons. The number of hydrogen-bond acceptors (Lipinski definition) is 7. The van der Waals surface area contributed by atoms with E-state index in [-0.39, 0.29) is 24.5 Å². The van der Waals surface area contributed by atoms with Gasteiger partial charge in [-0.15, -0.1) is 11.3 Å². The molecule has 3 aromatic rings. The number of carbonyl (C=O) groups is 1. The fourth-order valence-electron chi connectivity index (χ4n) is 4.68. The maximum absolute atomic E-state index is 13.2. The quantitative estimate of drug-likeness (QED) is 0.467. The molecule has 0 spiro atoms. The van der Waals surface area contributed by atoms with Crippen molar-refractivity contribution < 1.29 is 23.7 Å². The number of rotatable bonds is 9. The summed E-state index contributed by atoms with van der Waals surface area (Å²) in [5.74, 6) is 2.80. The maximum atomic E-state index is 13.2. The van der Waals surface area contributed by atoms with Crippen molar-refractivity contribution in [1.82, 2.24) is 10.2 Å². The summed E-state index contributed by atoms with van der Waals surface area (Å²) in [5.41, 5.74) is 3.23. The van der Waals surface area contributed by atoms with Crippen LogP contribution in [0.2, 0.25) is 0 Å². The molecule has 2 atom stereocenters. The molecule has 2 unspecified atom stereocenters. The summed E-state index contributed by atoms with van der Waals surface area (Å²) in [6.07, 6.45) is 0.824. The van der Waals surface area contributed by atoms with E-state index in [4.69, 9.17) is 18.9 Å². The Balaban J connectivity index is 1.58. The lowest BCUT2D eigenvalue weighted by molar-refractivity contribution is -0.123. The largest absolute Gasteiger partial charge is 0.497 e. The summed E-state index contributed by atoms with van der Waals surface area (Å²) in [5, 5.41) is 5.21. The molecule has 8 heteroatoms. The van der Waals surface area contributed by atoms with Gasteiger partial charge in [-0.1, -0.05) is 6.07 Å². The summed E-state index contributed by atoms with van der Waals surface area (Å²) in [7, 11) is 6.55. The molecule has 4 rings (SSSR count).